The van der Waals surface area contributed by atoms with Crippen molar-refractivity contribution in [3.8, 4) is 11.5 Å². The smallest absolute Gasteiger partial charge is 0.415 e. The summed E-state index contributed by atoms with van der Waals surface area (Å²) in [6.45, 7) is 5.65. The van der Waals surface area contributed by atoms with E-state index in [9.17, 15) is 19.2 Å². The van der Waals surface area contributed by atoms with Gasteiger partial charge in [-0.2, -0.15) is 0 Å². The number of rotatable bonds is 23. The normalized spacial score (nSPS) is 23.2. The van der Waals surface area contributed by atoms with Crippen molar-refractivity contribution in [3.63, 3.8) is 0 Å². The first kappa shape index (κ1) is 54.7. The molecule has 1 saturated heterocycles. The van der Waals surface area contributed by atoms with Gasteiger partial charge in [-0.05, 0) is 121 Å². The zero-order chi connectivity index (χ0) is 45.5. The minimum Gasteiger partial charge on any atom is -0.477 e. The molecule has 356 valence electrons. The molecule has 10 atom stereocenters. The highest BCUT2D eigenvalue weighted by molar-refractivity contribution is 7.16. The quantitative estimate of drug-likeness (QED) is 0.0363. The van der Waals surface area contributed by atoms with Gasteiger partial charge >= 0.3 is 6.09 Å². The van der Waals surface area contributed by atoms with Gasteiger partial charge in [0.15, 0.2) is 35.3 Å². The number of guanidine groups is 2. The molecule has 4 unspecified atom stereocenters. The molecule has 2 heterocycles. The number of Topliss-reactive ketones (excluding diaryl/α,β-unsaturated/α-hetero) is 3. The van der Waals surface area contributed by atoms with Crippen molar-refractivity contribution >= 4 is 72.6 Å². The summed E-state index contributed by atoms with van der Waals surface area (Å²) in [5.41, 5.74) is 13.0. The summed E-state index contributed by atoms with van der Waals surface area (Å²) in [6, 6.07) is 3.86. The molecule has 9 N–H and O–H groups in total. The fraction of sp³-hybridized carbons (Fsp3) is 0.714. The molecule has 2 aliphatic carbocycles. The number of piperidine rings is 1. The van der Waals surface area contributed by atoms with E-state index in [2.05, 4.69) is 98.3 Å². The van der Waals surface area contributed by atoms with Crippen LogP contribution < -0.4 is 47.1 Å². The van der Waals surface area contributed by atoms with Gasteiger partial charge in [-0.3, -0.25) is 24.4 Å². The van der Waals surface area contributed by atoms with Gasteiger partial charge in [0, 0.05) is 70.1 Å². The van der Waals surface area contributed by atoms with Gasteiger partial charge in [-0.1, -0.05) is 20.4 Å². The van der Waals surface area contributed by atoms with E-state index in [1.807, 2.05) is 13.1 Å². The van der Waals surface area contributed by atoms with Crippen LogP contribution >= 0.6 is 37.3 Å². The highest BCUT2D eigenvalue weighted by Gasteiger charge is 2.71. The van der Waals surface area contributed by atoms with Gasteiger partial charge in [0.2, 0.25) is 0 Å². The maximum Gasteiger partial charge on any atom is 0.415 e. The highest BCUT2D eigenvalue weighted by atomic mass is 31.0. The molecule has 2 aliphatic heterocycles. The molecule has 0 aromatic heterocycles. The molecular formula is C42H77N11O6P4. The molecule has 1 saturated carbocycles. The predicted octanol–water partition coefficient (Wildman–Crippen LogP) is 2.82. The summed E-state index contributed by atoms with van der Waals surface area (Å²) in [7, 11) is 15.5. The van der Waals surface area contributed by atoms with E-state index < -0.39 is 12.2 Å². The van der Waals surface area contributed by atoms with E-state index in [4.69, 9.17) is 20.9 Å². The number of nitrogens with two attached hydrogens (primary N) is 2. The van der Waals surface area contributed by atoms with Gasteiger partial charge in [0.1, 0.15) is 11.6 Å². The number of likely N-dealkylation sites (tertiary alicyclic amines) is 1. The lowest BCUT2D eigenvalue weighted by atomic mass is 9.44. The molecule has 1 aromatic carbocycles. The monoisotopic (exact) mass is 956 g/mol. The number of hydrogen-bond acceptors (Lipinski definition) is 12. The largest absolute Gasteiger partial charge is 0.477 e. The number of hydrogen-bond donors (Lipinski definition) is 7. The number of benzene rings is 1. The van der Waals surface area contributed by atoms with Crippen molar-refractivity contribution in [2.45, 2.75) is 121 Å². The number of nitrogens with one attached hydrogen (secondary N) is 5. The first-order chi connectivity index (χ1) is 29.7. The standard InChI is InChI=1S/C30H46N6O5P2.C11H27N5OP2.CH4/c1-29-11-10-21(38)26-30(29)12-15-35(2)23(29)16-18-8-9-22(25(41-26)24(18)30)40-28(39)36(3)14-5-7-20(37)19(33-17-42)6-4-13-32-27(31)34-43;1-13-6-3-5-10(17)9(15-8-18)4-2-7-14-11(12)16-19;/h8-9,19,23,26,33H,4-7,10-17,42-43H2,1-3H3,(H3,31,32,34);9,13,15H,2-8,18-19H2,1H3,(H3,12,14,16);1H4/t19-,23+,26-,29-,30-;9-;/m00./s1. The molecule has 1 spiro atoms. The summed E-state index contributed by atoms with van der Waals surface area (Å²) in [5, 5.41) is 14.9. The number of likely N-dealkylation sites (N-methyl/N-ethyl adjacent to an activating group) is 1. The van der Waals surface area contributed by atoms with Gasteiger partial charge in [0.05, 0.1) is 17.5 Å². The van der Waals surface area contributed by atoms with Crippen molar-refractivity contribution in [1.82, 2.24) is 35.9 Å². The molecule has 1 aromatic rings. The summed E-state index contributed by atoms with van der Waals surface area (Å²) in [5.74, 6) is 2.21. The number of amides is 1. The SMILES string of the molecule is C.CN(CCCC(=O)[C@H](CCCN=C(N)NP)NCP)C(=O)Oc1ccc2c3c1O[C@H]1C(=O)CC[C@@]4(C)[C@@H](C2)N(C)CC[C@]314.CNCCCC(=O)[C@H](CCCN=C(N)NP)NCP. The Labute approximate surface area is 385 Å². The van der Waals surface area contributed by atoms with Crippen LogP contribution in [0.1, 0.15) is 96.1 Å². The van der Waals surface area contributed by atoms with Crippen LogP contribution in [0, 0.1) is 5.41 Å². The van der Waals surface area contributed by atoms with Crippen molar-refractivity contribution in [3.05, 3.63) is 23.3 Å². The minimum atomic E-state index is -0.533. The number of aliphatic imine (C=N–C) groups is 2. The zero-order valence-electron chi connectivity index (χ0n) is 37.1. The van der Waals surface area contributed by atoms with Gasteiger partial charge in [0.25, 0.3) is 0 Å². The molecule has 2 bridgehead atoms. The molecule has 0 radical (unpaired) electrons. The lowest BCUT2D eigenvalue weighted by Gasteiger charge is -2.63. The van der Waals surface area contributed by atoms with Crippen molar-refractivity contribution < 1.29 is 28.7 Å². The van der Waals surface area contributed by atoms with Crippen molar-refractivity contribution in [1.29, 1.82) is 0 Å². The third kappa shape index (κ3) is 13.5. The third-order valence-electron chi connectivity index (χ3n) is 13.0. The summed E-state index contributed by atoms with van der Waals surface area (Å²) >= 11 is 0. The second-order valence-electron chi connectivity index (χ2n) is 16.8. The molecule has 4 aliphatic rings. The van der Waals surface area contributed by atoms with E-state index in [-0.39, 0.29) is 47.7 Å². The Balaban J connectivity index is 0.000000448. The fourth-order valence-electron chi connectivity index (χ4n) is 9.72. The Bertz CT molecular complexity index is 1760. The predicted molar refractivity (Wildman–Crippen MR) is 268 cm³/mol. The number of ether oxygens (including phenoxy) is 2. The molecule has 21 heteroatoms. The molecule has 1 amide bonds. The lowest BCUT2D eigenvalue weighted by molar-refractivity contribution is -0.150. The van der Waals surface area contributed by atoms with Crippen LogP contribution in [0.5, 0.6) is 11.5 Å². The molecule has 17 nitrogen and oxygen atoms in total. The molecule has 63 heavy (non-hydrogen) atoms. The van der Waals surface area contributed by atoms with E-state index >= 15 is 0 Å². The van der Waals surface area contributed by atoms with Crippen molar-refractivity contribution in [2.75, 3.05) is 66.4 Å². The van der Waals surface area contributed by atoms with E-state index in [1.165, 1.54) is 10.5 Å². The average molecular weight is 956 g/mol. The van der Waals surface area contributed by atoms with Crippen LogP contribution in [0.4, 0.5) is 4.79 Å². The van der Waals surface area contributed by atoms with Gasteiger partial charge in [-0.15, -0.1) is 18.5 Å². The Morgan fingerprint density at radius 2 is 1.56 bits per heavy atom. The Hall–Kier alpha value is -2.60. The van der Waals surface area contributed by atoms with Crippen LogP contribution in [0.2, 0.25) is 0 Å². The number of carbonyl (C=O) groups is 4. The maximum absolute atomic E-state index is 13.3. The van der Waals surface area contributed by atoms with E-state index in [0.29, 0.717) is 87.5 Å². The maximum atomic E-state index is 13.3. The van der Waals surface area contributed by atoms with Gasteiger partial charge < -0.3 is 56.9 Å². The molecular weight excluding hydrogens is 878 g/mol. The van der Waals surface area contributed by atoms with Crippen LogP contribution in [-0.2, 0) is 26.2 Å². The lowest BCUT2D eigenvalue weighted by Crippen LogP contribution is -2.70. The van der Waals surface area contributed by atoms with E-state index in [0.717, 1.165) is 69.9 Å². The highest BCUT2D eigenvalue weighted by Crippen LogP contribution is 2.68. The third-order valence-corrected chi connectivity index (χ3v) is 14.1. The Morgan fingerprint density at radius 1 is 0.968 bits per heavy atom. The second kappa shape index (κ2) is 26.5. The van der Waals surface area contributed by atoms with Crippen LogP contribution in [0.25, 0.3) is 0 Å². The first-order valence-electron chi connectivity index (χ1n) is 21.8. The number of ketones is 3. The fourth-order valence-corrected chi connectivity index (χ4v) is 10.5. The van der Waals surface area contributed by atoms with Crippen LogP contribution in [0.3, 0.4) is 0 Å². The summed E-state index contributed by atoms with van der Waals surface area (Å²) in [4.78, 5) is 63.6. The zero-order valence-corrected chi connectivity index (χ0v) is 41.7. The topological polar surface area (TPSA) is 230 Å². The number of nitrogens with zero attached hydrogens (tertiary/aromatic N) is 4. The minimum absolute atomic E-state index is 0. The van der Waals surface area contributed by atoms with E-state index in [1.54, 1.807) is 7.05 Å². The first-order valence-corrected chi connectivity index (χ1v) is 24.6. The molecule has 2 fully saturated rings. The Morgan fingerprint density at radius 3 is 2.11 bits per heavy atom. The second-order valence-corrected chi connectivity index (χ2v) is 18.2. The summed E-state index contributed by atoms with van der Waals surface area (Å²) < 4.78 is 12.4. The average Bonchev–Trinajstić information content (AvgIpc) is 3.63. The van der Waals surface area contributed by atoms with Crippen molar-refractivity contribution in [2.24, 2.45) is 26.9 Å². The summed E-state index contributed by atoms with van der Waals surface area (Å²) in [6.07, 6.45) is 8.75. The van der Waals surface area contributed by atoms with Crippen LogP contribution in [-0.4, -0.2) is 136 Å². The van der Waals surface area contributed by atoms with Crippen LogP contribution in [0.15, 0.2) is 22.1 Å². The Kier molecular flexibility index (Phi) is 23.0. The number of carbonyl (C=O) groups excluding carboxylic acids is 4. The van der Waals surface area contributed by atoms with Gasteiger partial charge in [-0.25, -0.2) is 4.79 Å². The molecule has 5 rings (SSSR count).